The second kappa shape index (κ2) is 3.21. The van der Waals surface area contributed by atoms with Crippen LogP contribution in [0.2, 0.25) is 0 Å². The average Bonchev–Trinajstić information content (AvgIpc) is 2.29. The molecule has 0 saturated heterocycles. The van der Waals surface area contributed by atoms with Crippen molar-refractivity contribution in [3.63, 3.8) is 0 Å². The van der Waals surface area contributed by atoms with Gasteiger partial charge in [0.05, 0.1) is 11.2 Å². The standard InChI is InChI=1S/C12H22O2/c1-11(13)7-5-10-4-3-9(11)6-8-12(10,2)14/h9-10,13-14H,3-8H2,1-2H3/t9-,10-,11+,12+/m0/s1. The van der Waals surface area contributed by atoms with Crippen molar-refractivity contribution >= 4 is 0 Å². The van der Waals surface area contributed by atoms with Crippen LogP contribution in [-0.4, -0.2) is 21.4 Å². The average molecular weight is 198 g/mol. The van der Waals surface area contributed by atoms with E-state index in [1.54, 1.807) is 0 Å². The van der Waals surface area contributed by atoms with Crippen LogP contribution in [0.1, 0.15) is 52.4 Å². The molecule has 0 aromatic heterocycles. The number of hydrogen-bond acceptors (Lipinski definition) is 2. The minimum Gasteiger partial charge on any atom is -0.390 e. The second-order valence-corrected chi connectivity index (χ2v) is 5.76. The Morgan fingerprint density at radius 1 is 0.786 bits per heavy atom. The van der Waals surface area contributed by atoms with Crippen LogP contribution in [0.5, 0.6) is 0 Å². The summed E-state index contributed by atoms with van der Waals surface area (Å²) in [6.45, 7) is 3.94. The summed E-state index contributed by atoms with van der Waals surface area (Å²) < 4.78 is 0. The normalized spacial score (nSPS) is 54.0. The van der Waals surface area contributed by atoms with Crippen LogP contribution in [0.15, 0.2) is 0 Å². The van der Waals surface area contributed by atoms with Crippen LogP contribution < -0.4 is 0 Å². The number of aliphatic hydroxyl groups is 2. The van der Waals surface area contributed by atoms with Crippen LogP contribution in [0.3, 0.4) is 0 Å². The van der Waals surface area contributed by atoms with E-state index in [1.165, 1.54) is 0 Å². The van der Waals surface area contributed by atoms with Crippen LogP contribution in [-0.2, 0) is 0 Å². The Morgan fingerprint density at radius 3 is 1.50 bits per heavy atom. The van der Waals surface area contributed by atoms with Crippen LogP contribution in [0.4, 0.5) is 0 Å². The van der Waals surface area contributed by atoms with E-state index in [4.69, 9.17) is 0 Å². The maximum absolute atomic E-state index is 10.3. The third-order valence-corrected chi connectivity index (χ3v) is 4.62. The zero-order valence-electron chi connectivity index (χ0n) is 9.29. The van der Waals surface area contributed by atoms with Gasteiger partial charge in [0.1, 0.15) is 0 Å². The minimum atomic E-state index is -0.481. The molecule has 2 nitrogen and oxygen atoms in total. The van der Waals surface area contributed by atoms with E-state index >= 15 is 0 Å². The summed E-state index contributed by atoms with van der Waals surface area (Å²) in [5.41, 5.74) is -0.962. The van der Waals surface area contributed by atoms with Gasteiger partial charge in [0.25, 0.3) is 0 Å². The molecule has 82 valence electrons. The van der Waals surface area contributed by atoms with Crippen molar-refractivity contribution in [2.24, 2.45) is 11.8 Å². The van der Waals surface area contributed by atoms with E-state index in [9.17, 15) is 10.2 Å². The number of rotatable bonds is 0. The fourth-order valence-electron chi connectivity index (χ4n) is 3.28. The van der Waals surface area contributed by atoms with Crippen molar-refractivity contribution in [1.29, 1.82) is 0 Å². The van der Waals surface area contributed by atoms with Gasteiger partial charge in [-0.1, -0.05) is 0 Å². The first-order valence-electron chi connectivity index (χ1n) is 5.86. The van der Waals surface area contributed by atoms with Gasteiger partial charge < -0.3 is 10.2 Å². The van der Waals surface area contributed by atoms with Crippen LogP contribution >= 0.6 is 0 Å². The number of fused-ring (bicyclic) bond motifs is 3. The van der Waals surface area contributed by atoms with Crippen molar-refractivity contribution in [1.82, 2.24) is 0 Å². The Labute approximate surface area is 86.3 Å². The van der Waals surface area contributed by atoms with Crippen LogP contribution in [0.25, 0.3) is 0 Å². The lowest BCUT2D eigenvalue weighted by atomic mass is 9.75. The van der Waals surface area contributed by atoms with E-state index in [0.29, 0.717) is 11.8 Å². The van der Waals surface area contributed by atoms with E-state index < -0.39 is 11.2 Å². The molecule has 0 aromatic carbocycles. The van der Waals surface area contributed by atoms with Crippen molar-refractivity contribution in [3.05, 3.63) is 0 Å². The first kappa shape index (κ1) is 10.4. The summed E-state index contributed by atoms with van der Waals surface area (Å²) >= 11 is 0. The highest BCUT2D eigenvalue weighted by molar-refractivity contribution is 4.96. The van der Waals surface area contributed by atoms with Gasteiger partial charge in [-0.05, 0) is 64.2 Å². The topological polar surface area (TPSA) is 40.5 Å². The Morgan fingerprint density at radius 2 is 1.14 bits per heavy atom. The predicted octanol–water partition coefficient (Wildman–Crippen LogP) is 2.09. The van der Waals surface area contributed by atoms with E-state index in [1.807, 2.05) is 13.8 Å². The van der Waals surface area contributed by atoms with Crippen molar-refractivity contribution < 1.29 is 10.2 Å². The summed E-state index contributed by atoms with van der Waals surface area (Å²) in [7, 11) is 0. The van der Waals surface area contributed by atoms with Crippen molar-refractivity contribution in [3.8, 4) is 0 Å². The highest BCUT2D eigenvalue weighted by Gasteiger charge is 2.44. The molecular weight excluding hydrogens is 176 g/mol. The van der Waals surface area contributed by atoms with Gasteiger partial charge in [0.2, 0.25) is 0 Å². The molecule has 14 heavy (non-hydrogen) atoms. The third-order valence-electron chi connectivity index (χ3n) is 4.62. The second-order valence-electron chi connectivity index (χ2n) is 5.76. The lowest BCUT2D eigenvalue weighted by Gasteiger charge is -2.37. The molecule has 0 unspecified atom stereocenters. The molecule has 0 aliphatic heterocycles. The molecule has 0 aromatic rings. The Bertz CT molecular complexity index is 196. The van der Waals surface area contributed by atoms with Gasteiger partial charge in [-0.25, -0.2) is 0 Å². The highest BCUT2D eigenvalue weighted by atomic mass is 16.3. The molecule has 4 atom stereocenters. The first-order valence-corrected chi connectivity index (χ1v) is 5.86. The molecule has 2 bridgehead atoms. The maximum Gasteiger partial charge on any atom is 0.0647 e. The monoisotopic (exact) mass is 198 g/mol. The Balaban J connectivity index is 2.21. The van der Waals surface area contributed by atoms with Crippen molar-refractivity contribution in [2.45, 2.75) is 63.6 Å². The SMILES string of the molecule is C[C@@]1(O)CC[C@@H]2CC[C@H]1CC[C@@]2(C)O. The van der Waals surface area contributed by atoms with Gasteiger partial charge in [-0.3, -0.25) is 0 Å². The van der Waals surface area contributed by atoms with Gasteiger partial charge in [0, 0.05) is 0 Å². The molecule has 0 amide bonds. The van der Waals surface area contributed by atoms with E-state index in [-0.39, 0.29) is 0 Å². The van der Waals surface area contributed by atoms with E-state index in [2.05, 4.69) is 0 Å². The minimum absolute atomic E-state index is 0.404. The summed E-state index contributed by atoms with van der Waals surface area (Å²) in [5, 5.41) is 20.5. The Hall–Kier alpha value is -0.0800. The van der Waals surface area contributed by atoms with Crippen molar-refractivity contribution in [2.75, 3.05) is 0 Å². The van der Waals surface area contributed by atoms with Gasteiger partial charge >= 0.3 is 0 Å². The van der Waals surface area contributed by atoms with Gasteiger partial charge in [0.15, 0.2) is 0 Å². The lowest BCUT2D eigenvalue weighted by Crippen LogP contribution is -2.39. The van der Waals surface area contributed by atoms with Crippen LogP contribution in [0, 0.1) is 11.8 Å². The molecule has 2 saturated carbocycles. The summed E-state index contributed by atoms with van der Waals surface area (Å²) in [4.78, 5) is 0. The fourth-order valence-corrected chi connectivity index (χ4v) is 3.28. The fraction of sp³-hybridized carbons (Fsp3) is 1.00. The lowest BCUT2D eigenvalue weighted by molar-refractivity contribution is -0.0540. The molecule has 2 aliphatic rings. The van der Waals surface area contributed by atoms with Gasteiger partial charge in [-0.2, -0.15) is 0 Å². The molecule has 0 spiro atoms. The Kier molecular flexibility index (Phi) is 2.39. The molecule has 2 fully saturated rings. The quantitative estimate of drug-likeness (QED) is 0.625. The molecule has 0 heterocycles. The smallest absolute Gasteiger partial charge is 0.0647 e. The molecular formula is C12H22O2. The predicted molar refractivity (Wildman–Crippen MR) is 55.9 cm³/mol. The molecule has 2 N–H and O–H groups in total. The third kappa shape index (κ3) is 1.70. The summed E-state index contributed by atoms with van der Waals surface area (Å²) in [5.74, 6) is 0.808. The maximum atomic E-state index is 10.3. The molecule has 2 aliphatic carbocycles. The zero-order valence-corrected chi connectivity index (χ0v) is 9.29. The molecule has 0 radical (unpaired) electrons. The van der Waals surface area contributed by atoms with E-state index in [0.717, 1.165) is 38.5 Å². The number of hydrogen-bond donors (Lipinski definition) is 2. The molecule has 2 heteroatoms. The van der Waals surface area contributed by atoms with Gasteiger partial charge in [-0.15, -0.1) is 0 Å². The first-order chi connectivity index (χ1) is 6.42. The zero-order chi connectivity index (χ0) is 10.4. The highest BCUT2D eigenvalue weighted by Crippen LogP contribution is 2.46. The largest absolute Gasteiger partial charge is 0.390 e. The summed E-state index contributed by atoms with van der Waals surface area (Å²) in [6, 6.07) is 0. The molecule has 2 rings (SSSR count). The summed E-state index contributed by atoms with van der Waals surface area (Å²) in [6.07, 6.45) is 5.87.